The van der Waals surface area contributed by atoms with E-state index in [9.17, 15) is 24.0 Å². The molecule has 4 rings (SSSR count). The van der Waals surface area contributed by atoms with Gasteiger partial charge in [-0.1, -0.05) is 6.07 Å². The number of aromatic nitrogens is 2. The first-order valence-electron chi connectivity index (χ1n) is 10.6. The van der Waals surface area contributed by atoms with E-state index in [0.717, 1.165) is 10.7 Å². The van der Waals surface area contributed by atoms with E-state index < -0.39 is 29.7 Å². The summed E-state index contributed by atoms with van der Waals surface area (Å²) in [6.45, 7) is 0.480. The van der Waals surface area contributed by atoms with Crippen LogP contribution in [0.1, 0.15) is 52.2 Å². The van der Waals surface area contributed by atoms with Gasteiger partial charge in [-0.3, -0.25) is 34.2 Å². The van der Waals surface area contributed by atoms with Gasteiger partial charge in [0.25, 0.3) is 11.8 Å². The lowest BCUT2D eigenvalue weighted by Gasteiger charge is -2.27. The minimum absolute atomic E-state index is 0.0510. The fraction of sp³-hybridized carbons (Fsp3) is 0.364. The van der Waals surface area contributed by atoms with Gasteiger partial charge >= 0.3 is 0 Å². The van der Waals surface area contributed by atoms with Crippen LogP contribution in [0.25, 0.3) is 0 Å². The van der Waals surface area contributed by atoms with Crippen molar-refractivity contribution in [2.45, 2.75) is 38.3 Å². The van der Waals surface area contributed by atoms with Crippen LogP contribution in [0.4, 0.5) is 0 Å². The van der Waals surface area contributed by atoms with Gasteiger partial charge < -0.3 is 14.6 Å². The number of ether oxygens (including phenoxy) is 1. The summed E-state index contributed by atoms with van der Waals surface area (Å²) >= 11 is 0. The fourth-order valence-electron chi connectivity index (χ4n) is 3.85. The lowest BCUT2D eigenvalue weighted by molar-refractivity contribution is -0.136. The van der Waals surface area contributed by atoms with Crippen molar-refractivity contribution >= 4 is 29.5 Å². The van der Waals surface area contributed by atoms with E-state index >= 15 is 0 Å². The zero-order chi connectivity index (χ0) is 23.5. The Morgan fingerprint density at radius 3 is 2.79 bits per heavy atom. The van der Waals surface area contributed by atoms with Gasteiger partial charge in [-0.2, -0.15) is 0 Å². The SMILES string of the molecule is Cn1ccnc1CNC(=O)CCCOc1cccc2c1C(=O)N(C1CCC(=O)NC1=O)C2=O. The van der Waals surface area contributed by atoms with E-state index in [2.05, 4.69) is 15.6 Å². The second-order valence-corrected chi connectivity index (χ2v) is 7.81. The predicted molar refractivity (Wildman–Crippen MR) is 113 cm³/mol. The van der Waals surface area contributed by atoms with Crippen molar-refractivity contribution in [2.24, 2.45) is 7.05 Å². The summed E-state index contributed by atoms with van der Waals surface area (Å²) in [6.07, 6.45) is 4.20. The highest BCUT2D eigenvalue weighted by molar-refractivity contribution is 6.24. The third-order valence-electron chi connectivity index (χ3n) is 5.60. The number of nitrogens with zero attached hydrogens (tertiary/aromatic N) is 3. The first-order valence-corrected chi connectivity index (χ1v) is 10.6. The highest BCUT2D eigenvalue weighted by Gasteiger charge is 2.45. The molecule has 0 saturated carbocycles. The molecule has 172 valence electrons. The van der Waals surface area contributed by atoms with Crippen LogP contribution < -0.4 is 15.4 Å². The molecule has 2 aromatic rings. The number of rotatable bonds is 8. The molecular weight excluding hydrogens is 430 g/mol. The zero-order valence-electron chi connectivity index (χ0n) is 18.0. The normalized spacial score (nSPS) is 17.7. The maximum absolute atomic E-state index is 13.0. The summed E-state index contributed by atoms with van der Waals surface area (Å²) < 4.78 is 7.53. The largest absolute Gasteiger partial charge is 0.493 e. The van der Waals surface area contributed by atoms with Crippen LogP contribution in [0, 0.1) is 0 Å². The Balaban J connectivity index is 1.34. The van der Waals surface area contributed by atoms with Crippen molar-refractivity contribution in [2.75, 3.05) is 6.61 Å². The monoisotopic (exact) mass is 453 g/mol. The summed E-state index contributed by atoms with van der Waals surface area (Å²) in [5.74, 6) is -1.52. The first-order chi connectivity index (χ1) is 15.9. The van der Waals surface area contributed by atoms with Crippen LogP contribution >= 0.6 is 0 Å². The molecule has 1 aromatic heterocycles. The molecule has 2 aliphatic rings. The van der Waals surface area contributed by atoms with Gasteiger partial charge in [0.1, 0.15) is 17.6 Å². The molecule has 3 heterocycles. The van der Waals surface area contributed by atoms with E-state index in [1.54, 1.807) is 24.5 Å². The van der Waals surface area contributed by atoms with Gasteiger partial charge in [0.15, 0.2) is 0 Å². The quantitative estimate of drug-likeness (QED) is 0.433. The minimum Gasteiger partial charge on any atom is -0.493 e. The average Bonchev–Trinajstić information content (AvgIpc) is 3.31. The number of carbonyl (C=O) groups excluding carboxylic acids is 5. The van der Waals surface area contributed by atoms with Crippen molar-refractivity contribution in [1.82, 2.24) is 25.1 Å². The Labute approximate surface area is 189 Å². The van der Waals surface area contributed by atoms with Crippen molar-refractivity contribution in [3.63, 3.8) is 0 Å². The van der Waals surface area contributed by atoms with Gasteiger partial charge in [0.05, 0.1) is 24.3 Å². The number of hydrogen-bond donors (Lipinski definition) is 2. The van der Waals surface area contributed by atoms with Gasteiger partial charge in [-0.05, 0) is 25.0 Å². The summed E-state index contributed by atoms with van der Waals surface area (Å²) in [7, 11) is 1.84. The van der Waals surface area contributed by atoms with E-state index in [0.29, 0.717) is 13.0 Å². The Morgan fingerprint density at radius 2 is 2.06 bits per heavy atom. The molecule has 0 spiro atoms. The second-order valence-electron chi connectivity index (χ2n) is 7.81. The third-order valence-corrected chi connectivity index (χ3v) is 5.60. The third kappa shape index (κ3) is 4.47. The number of amides is 5. The Hall–Kier alpha value is -4.02. The molecule has 1 aromatic carbocycles. The van der Waals surface area contributed by atoms with Crippen LogP contribution in [0.15, 0.2) is 30.6 Å². The van der Waals surface area contributed by atoms with Crippen LogP contribution in [-0.2, 0) is 28.0 Å². The van der Waals surface area contributed by atoms with Gasteiger partial charge in [-0.25, -0.2) is 4.98 Å². The molecule has 5 amide bonds. The van der Waals surface area contributed by atoms with Crippen molar-refractivity contribution in [3.05, 3.63) is 47.5 Å². The number of hydrogen-bond acceptors (Lipinski definition) is 7. The fourth-order valence-corrected chi connectivity index (χ4v) is 3.85. The zero-order valence-corrected chi connectivity index (χ0v) is 18.0. The molecule has 2 N–H and O–H groups in total. The Morgan fingerprint density at radius 1 is 1.24 bits per heavy atom. The lowest BCUT2D eigenvalue weighted by Crippen LogP contribution is -2.54. The summed E-state index contributed by atoms with van der Waals surface area (Å²) in [6, 6.07) is 3.62. The Bertz CT molecular complexity index is 1140. The minimum atomic E-state index is -1.04. The number of imide groups is 2. The highest BCUT2D eigenvalue weighted by atomic mass is 16.5. The van der Waals surface area contributed by atoms with Crippen LogP contribution in [-0.4, -0.2) is 56.6 Å². The van der Waals surface area contributed by atoms with Gasteiger partial charge in [0.2, 0.25) is 17.7 Å². The molecule has 1 saturated heterocycles. The highest BCUT2D eigenvalue weighted by Crippen LogP contribution is 2.33. The summed E-state index contributed by atoms with van der Waals surface area (Å²) in [5.41, 5.74) is 0.237. The summed E-state index contributed by atoms with van der Waals surface area (Å²) in [4.78, 5) is 66.5. The smallest absolute Gasteiger partial charge is 0.266 e. The van der Waals surface area contributed by atoms with E-state index in [-0.39, 0.29) is 48.7 Å². The van der Waals surface area contributed by atoms with Crippen molar-refractivity contribution < 1.29 is 28.7 Å². The molecular formula is C22H23N5O6. The van der Waals surface area contributed by atoms with Crippen LogP contribution in [0.5, 0.6) is 5.75 Å². The molecule has 0 aliphatic carbocycles. The maximum Gasteiger partial charge on any atom is 0.266 e. The standard InChI is InChI=1S/C22H23N5O6/c1-26-10-9-23-16(26)12-24-17(28)6-3-11-33-15-5-2-4-13-19(15)22(32)27(21(13)31)14-7-8-18(29)25-20(14)30/h2,4-5,9-10,14H,3,6-8,11-12H2,1H3,(H,24,28)(H,25,29,30). The van der Waals surface area contributed by atoms with E-state index in [4.69, 9.17) is 4.74 Å². The van der Waals surface area contributed by atoms with E-state index in [1.807, 2.05) is 11.6 Å². The van der Waals surface area contributed by atoms with E-state index in [1.165, 1.54) is 6.07 Å². The molecule has 1 fully saturated rings. The molecule has 1 atom stereocenters. The number of carbonyl (C=O) groups is 5. The average molecular weight is 453 g/mol. The second kappa shape index (κ2) is 9.23. The molecule has 33 heavy (non-hydrogen) atoms. The van der Waals surface area contributed by atoms with Crippen molar-refractivity contribution in [3.8, 4) is 5.75 Å². The number of benzene rings is 1. The topological polar surface area (TPSA) is 140 Å². The van der Waals surface area contributed by atoms with Gasteiger partial charge in [-0.15, -0.1) is 0 Å². The molecule has 0 bridgehead atoms. The molecule has 11 nitrogen and oxygen atoms in total. The number of fused-ring (bicyclic) bond motifs is 1. The number of piperidine rings is 1. The predicted octanol–water partition coefficient (Wildman–Crippen LogP) is 0.297. The molecule has 11 heteroatoms. The van der Waals surface area contributed by atoms with Crippen LogP contribution in [0.3, 0.4) is 0 Å². The molecule has 2 aliphatic heterocycles. The lowest BCUT2D eigenvalue weighted by atomic mass is 10.0. The number of imidazole rings is 1. The first kappa shape index (κ1) is 22.2. The number of aryl methyl sites for hydroxylation is 1. The van der Waals surface area contributed by atoms with Crippen molar-refractivity contribution in [1.29, 1.82) is 0 Å². The van der Waals surface area contributed by atoms with Crippen LogP contribution in [0.2, 0.25) is 0 Å². The van der Waals surface area contributed by atoms with Gasteiger partial charge in [0, 0.05) is 32.3 Å². The summed E-state index contributed by atoms with van der Waals surface area (Å²) in [5, 5.41) is 4.95. The molecule has 0 radical (unpaired) electrons. The Kier molecular flexibility index (Phi) is 6.20. The maximum atomic E-state index is 13.0. The number of nitrogens with one attached hydrogen (secondary N) is 2. The molecule has 1 unspecified atom stereocenters.